The molecule has 0 saturated carbocycles. The van der Waals surface area contributed by atoms with Gasteiger partial charge in [0.25, 0.3) is 0 Å². The first kappa shape index (κ1) is 19.3. The molecule has 4 heterocycles. The smallest absolute Gasteiger partial charge is 0.170 e. The normalized spacial score (nSPS) is 18.2. The second kappa shape index (κ2) is 8.20. The van der Waals surface area contributed by atoms with Gasteiger partial charge >= 0.3 is 0 Å². The lowest BCUT2D eigenvalue weighted by atomic mass is 10.0. The van der Waals surface area contributed by atoms with Gasteiger partial charge in [0, 0.05) is 42.7 Å². The Bertz CT molecular complexity index is 1180. The van der Waals surface area contributed by atoms with E-state index in [1.807, 2.05) is 60.9 Å². The third kappa shape index (κ3) is 3.75. The molecule has 1 aromatic carbocycles. The fourth-order valence-corrected chi connectivity index (χ4v) is 4.37. The highest BCUT2D eigenvalue weighted by Crippen LogP contribution is 2.40. The lowest BCUT2D eigenvalue weighted by molar-refractivity contribution is 0.302. The fourth-order valence-electron chi connectivity index (χ4n) is 4.07. The fraction of sp³-hybridized carbons (Fsp3) is 0.125. The summed E-state index contributed by atoms with van der Waals surface area (Å²) in [4.78, 5) is 10.9. The van der Waals surface area contributed by atoms with E-state index < -0.39 is 0 Å². The molecule has 0 bridgehead atoms. The first-order valence-electron chi connectivity index (χ1n) is 10.0. The van der Waals surface area contributed by atoms with Crippen LogP contribution in [0.15, 0.2) is 91.5 Å². The average molecular weight is 428 g/mol. The summed E-state index contributed by atoms with van der Waals surface area (Å²) in [5, 5.41) is 13.9. The van der Waals surface area contributed by atoms with Gasteiger partial charge in [0.05, 0.1) is 17.8 Å². The van der Waals surface area contributed by atoms with Crippen molar-refractivity contribution in [2.45, 2.75) is 18.6 Å². The molecule has 4 aromatic rings. The van der Waals surface area contributed by atoms with Crippen molar-refractivity contribution in [3.8, 4) is 11.4 Å². The van der Waals surface area contributed by atoms with E-state index in [4.69, 9.17) is 12.2 Å². The molecule has 1 aliphatic heterocycles. The molecule has 1 saturated heterocycles. The SMILES string of the molecule is Oc1ccc(-n2cccc2C2C(c3ccccn3)NC(=S)N2Cc2ccncc2)cc1. The van der Waals surface area contributed by atoms with Gasteiger partial charge in [-0.15, -0.1) is 0 Å². The van der Waals surface area contributed by atoms with E-state index in [-0.39, 0.29) is 17.8 Å². The Hall–Kier alpha value is -3.71. The van der Waals surface area contributed by atoms with Crippen molar-refractivity contribution < 1.29 is 5.11 Å². The van der Waals surface area contributed by atoms with E-state index in [1.165, 1.54) is 0 Å². The summed E-state index contributed by atoms with van der Waals surface area (Å²) >= 11 is 5.77. The van der Waals surface area contributed by atoms with Crippen molar-refractivity contribution in [2.75, 3.05) is 0 Å². The Morgan fingerprint density at radius 1 is 0.935 bits per heavy atom. The van der Waals surface area contributed by atoms with Crippen molar-refractivity contribution >= 4 is 17.3 Å². The third-order valence-electron chi connectivity index (χ3n) is 5.51. The predicted molar refractivity (Wildman–Crippen MR) is 123 cm³/mol. The number of rotatable bonds is 5. The van der Waals surface area contributed by atoms with Gasteiger partial charge in [0.2, 0.25) is 0 Å². The van der Waals surface area contributed by atoms with E-state index in [0.717, 1.165) is 22.6 Å². The number of phenolic OH excluding ortho intramolecular Hbond substituents is 1. The van der Waals surface area contributed by atoms with Crippen LogP contribution in [0.2, 0.25) is 0 Å². The maximum Gasteiger partial charge on any atom is 0.170 e. The molecule has 6 nitrogen and oxygen atoms in total. The van der Waals surface area contributed by atoms with E-state index >= 15 is 0 Å². The molecule has 31 heavy (non-hydrogen) atoms. The summed E-state index contributed by atoms with van der Waals surface area (Å²) in [6.45, 7) is 0.656. The topological polar surface area (TPSA) is 66.2 Å². The maximum atomic E-state index is 9.71. The van der Waals surface area contributed by atoms with Crippen LogP contribution in [0.1, 0.15) is 29.0 Å². The monoisotopic (exact) mass is 427 g/mol. The molecule has 5 rings (SSSR count). The summed E-state index contributed by atoms with van der Waals surface area (Å²) in [5.74, 6) is 0.242. The van der Waals surface area contributed by atoms with Gasteiger partial charge < -0.3 is 19.9 Å². The van der Waals surface area contributed by atoms with Gasteiger partial charge in [-0.25, -0.2) is 0 Å². The lowest BCUT2D eigenvalue weighted by Gasteiger charge is -2.29. The minimum Gasteiger partial charge on any atom is -0.508 e. The Morgan fingerprint density at radius 2 is 1.74 bits per heavy atom. The van der Waals surface area contributed by atoms with Gasteiger partial charge in [-0.2, -0.15) is 0 Å². The molecule has 0 spiro atoms. The first-order chi connectivity index (χ1) is 15.2. The first-order valence-corrected chi connectivity index (χ1v) is 10.4. The van der Waals surface area contributed by atoms with Crippen molar-refractivity contribution in [2.24, 2.45) is 0 Å². The molecule has 3 aromatic heterocycles. The number of aromatic hydroxyl groups is 1. The second-order valence-corrected chi connectivity index (χ2v) is 7.82. The Balaban J connectivity index is 1.60. The number of pyridine rings is 2. The van der Waals surface area contributed by atoms with Crippen LogP contribution in [0.25, 0.3) is 5.69 Å². The molecule has 0 amide bonds. The van der Waals surface area contributed by atoms with E-state index in [9.17, 15) is 5.11 Å². The number of nitrogens with zero attached hydrogens (tertiary/aromatic N) is 4. The van der Waals surface area contributed by atoms with Crippen LogP contribution in [0.4, 0.5) is 0 Å². The van der Waals surface area contributed by atoms with E-state index in [0.29, 0.717) is 11.7 Å². The molecular weight excluding hydrogens is 406 g/mol. The average Bonchev–Trinajstić information content (AvgIpc) is 3.40. The van der Waals surface area contributed by atoms with Crippen molar-refractivity contribution in [1.82, 2.24) is 24.8 Å². The lowest BCUT2D eigenvalue weighted by Crippen LogP contribution is -2.30. The third-order valence-corrected chi connectivity index (χ3v) is 5.86. The van der Waals surface area contributed by atoms with Crippen LogP contribution in [0.5, 0.6) is 5.75 Å². The van der Waals surface area contributed by atoms with Crippen LogP contribution in [0, 0.1) is 0 Å². The molecule has 0 radical (unpaired) electrons. The highest BCUT2D eigenvalue weighted by atomic mass is 32.1. The quantitative estimate of drug-likeness (QED) is 0.467. The van der Waals surface area contributed by atoms with Crippen LogP contribution in [-0.4, -0.2) is 29.7 Å². The zero-order valence-electron chi connectivity index (χ0n) is 16.7. The number of phenols is 1. The standard InChI is InChI=1S/C24H21N5OS/c30-19-8-6-18(7-9-19)28-15-3-5-21(28)23-22(20-4-1-2-12-26-20)27-24(31)29(23)16-17-10-13-25-14-11-17/h1-15,22-23,30H,16H2,(H,27,31). The molecule has 1 fully saturated rings. The Morgan fingerprint density at radius 3 is 2.48 bits per heavy atom. The zero-order valence-corrected chi connectivity index (χ0v) is 17.5. The zero-order chi connectivity index (χ0) is 21.2. The van der Waals surface area contributed by atoms with Gasteiger partial charge in [-0.3, -0.25) is 9.97 Å². The number of hydrogen-bond acceptors (Lipinski definition) is 4. The van der Waals surface area contributed by atoms with Gasteiger partial charge in [-0.05, 0) is 78.4 Å². The van der Waals surface area contributed by atoms with Crippen molar-refractivity contribution in [3.63, 3.8) is 0 Å². The molecule has 1 aliphatic rings. The minimum absolute atomic E-state index is 0.0700. The molecule has 0 aliphatic carbocycles. The number of nitrogens with one attached hydrogen (secondary N) is 1. The maximum absolute atomic E-state index is 9.71. The van der Waals surface area contributed by atoms with Crippen LogP contribution in [0.3, 0.4) is 0 Å². The van der Waals surface area contributed by atoms with Crippen molar-refractivity contribution in [3.05, 3.63) is 108 Å². The second-order valence-electron chi connectivity index (χ2n) is 7.43. The highest BCUT2D eigenvalue weighted by molar-refractivity contribution is 7.80. The molecule has 2 unspecified atom stereocenters. The molecule has 2 atom stereocenters. The number of aromatic nitrogens is 3. The van der Waals surface area contributed by atoms with Crippen LogP contribution in [-0.2, 0) is 6.54 Å². The summed E-state index contributed by atoms with van der Waals surface area (Å²) in [6, 6.07) is 21.1. The highest BCUT2D eigenvalue weighted by Gasteiger charge is 2.41. The molecule has 7 heteroatoms. The summed E-state index contributed by atoms with van der Waals surface area (Å²) in [6.07, 6.45) is 7.43. The van der Waals surface area contributed by atoms with E-state index in [2.05, 4.69) is 30.8 Å². The molecule has 2 N–H and O–H groups in total. The Kier molecular flexibility index (Phi) is 5.09. The molecule has 154 valence electrons. The van der Waals surface area contributed by atoms with Crippen LogP contribution < -0.4 is 5.32 Å². The van der Waals surface area contributed by atoms with Gasteiger partial charge in [-0.1, -0.05) is 6.07 Å². The van der Waals surface area contributed by atoms with Gasteiger partial charge in [0.1, 0.15) is 5.75 Å². The largest absolute Gasteiger partial charge is 0.508 e. The molecular formula is C24H21N5OS. The Labute approximate surface area is 185 Å². The van der Waals surface area contributed by atoms with Gasteiger partial charge in [0.15, 0.2) is 5.11 Å². The number of benzene rings is 1. The van der Waals surface area contributed by atoms with Crippen LogP contribution >= 0.6 is 12.2 Å². The van der Waals surface area contributed by atoms with Crippen molar-refractivity contribution in [1.29, 1.82) is 0 Å². The minimum atomic E-state index is -0.0960. The van der Waals surface area contributed by atoms with E-state index in [1.54, 1.807) is 24.5 Å². The number of hydrogen-bond donors (Lipinski definition) is 2. The predicted octanol–water partition coefficient (Wildman–Crippen LogP) is 4.15. The summed E-state index contributed by atoms with van der Waals surface area (Å²) in [5.41, 5.74) is 4.13. The summed E-state index contributed by atoms with van der Waals surface area (Å²) < 4.78 is 2.13. The number of thiocarbonyl (C=S) groups is 1. The summed E-state index contributed by atoms with van der Waals surface area (Å²) in [7, 11) is 0.